The Kier molecular flexibility index (Phi) is 6.51. The molecule has 0 spiro atoms. The van der Waals surface area contributed by atoms with Gasteiger partial charge in [-0.2, -0.15) is 0 Å². The van der Waals surface area contributed by atoms with Crippen molar-refractivity contribution in [3.8, 4) is 0 Å². The van der Waals surface area contributed by atoms with Crippen LogP contribution < -0.4 is 5.32 Å². The van der Waals surface area contributed by atoms with Crippen molar-refractivity contribution in [2.45, 2.75) is 18.9 Å². The van der Waals surface area contributed by atoms with Gasteiger partial charge in [0.15, 0.2) is 0 Å². The molecule has 0 aromatic heterocycles. The minimum Gasteiger partial charge on any atom is -0.448 e. The smallest absolute Gasteiger partial charge is 0.409 e. The summed E-state index contributed by atoms with van der Waals surface area (Å²) >= 11 is 8.83. The minimum absolute atomic E-state index is 0.0771. The number of nitrogens with zero attached hydrogens (tertiary/aromatic N) is 1. The number of hydrogen-bond acceptors (Lipinski definition) is 3. The summed E-state index contributed by atoms with van der Waals surface area (Å²) < 4.78 is 5.93. The summed E-state index contributed by atoms with van der Waals surface area (Å²) in [6, 6.07) is 7.30. The molecule has 0 aliphatic carbocycles. The van der Waals surface area contributed by atoms with Gasteiger partial charge in [0.1, 0.15) is 6.61 Å². The number of rotatable bonds is 4. The zero-order valence-electron chi connectivity index (χ0n) is 12.1. The summed E-state index contributed by atoms with van der Waals surface area (Å²) in [5, 5.41) is 3.00. The molecule has 0 radical (unpaired) electrons. The van der Waals surface area contributed by atoms with Gasteiger partial charge in [0.25, 0.3) is 5.91 Å². The summed E-state index contributed by atoms with van der Waals surface area (Å²) in [6.07, 6.45) is 1.11. The Morgan fingerprint density at radius 3 is 2.50 bits per heavy atom. The maximum absolute atomic E-state index is 12.1. The van der Waals surface area contributed by atoms with Gasteiger partial charge in [0.05, 0.1) is 5.88 Å². The van der Waals surface area contributed by atoms with Gasteiger partial charge in [-0.1, -0.05) is 15.9 Å². The Labute approximate surface area is 143 Å². The van der Waals surface area contributed by atoms with Gasteiger partial charge in [-0.15, -0.1) is 11.6 Å². The van der Waals surface area contributed by atoms with Crippen LogP contribution in [0.4, 0.5) is 4.79 Å². The van der Waals surface area contributed by atoms with Crippen molar-refractivity contribution >= 4 is 39.5 Å². The van der Waals surface area contributed by atoms with Crippen molar-refractivity contribution in [2.24, 2.45) is 0 Å². The third-order valence-electron chi connectivity index (χ3n) is 3.50. The van der Waals surface area contributed by atoms with Gasteiger partial charge in [0.2, 0.25) is 0 Å². The van der Waals surface area contributed by atoms with E-state index in [1.807, 2.05) is 12.1 Å². The SMILES string of the molecule is O=C(NC1CCN(C(=O)OCCCl)CC1)c1ccc(Br)cc1. The molecule has 0 atom stereocenters. The van der Waals surface area contributed by atoms with Gasteiger partial charge < -0.3 is 15.0 Å². The van der Waals surface area contributed by atoms with Crippen LogP contribution in [0.3, 0.4) is 0 Å². The number of amides is 2. The minimum atomic E-state index is -0.335. The molecule has 0 unspecified atom stereocenters. The van der Waals surface area contributed by atoms with Crippen LogP contribution in [0.5, 0.6) is 0 Å². The molecule has 1 aliphatic rings. The van der Waals surface area contributed by atoms with Crippen molar-refractivity contribution in [1.82, 2.24) is 10.2 Å². The van der Waals surface area contributed by atoms with E-state index in [4.69, 9.17) is 16.3 Å². The average Bonchev–Trinajstić information content (AvgIpc) is 2.54. The molecule has 120 valence electrons. The van der Waals surface area contributed by atoms with Crippen LogP contribution in [0.1, 0.15) is 23.2 Å². The molecule has 0 saturated carbocycles. The lowest BCUT2D eigenvalue weighted by atomic mass is 10.0. The molecule has 1 N–H and O–H groups in total. The number of hydrogen-bond donors (Lipinski definition) is 1. The number of carbonyl (C=O) groups is 2. The predicted octanol–water partition coefficient (Wildman–Crippen LogP) is 3.02. The Balaban J connectivity index is 1.78. The topological polar surface area (TPSA) is 58.6 Å². The highest BCUT2D eigenvalue weighted by molar-refractivity contribution is 9.10. The fraction of sp³-hybridized carbons (Fsp3) is 0.467. The highest BCUT2D eigenvalue weighted by Crippen LogP contribution is 2.14. The molecule has 1 saturated heterocycles. The third-order valence-corrected chi connectivity index (χ3v) is 4.18. The van der Waals surface area contributed by atoms with Gasteiger partial charge in [-0.05, 0) is 37.1 Å². The first-order chi connectivity index (χ1) is 10.6. The van der Waals surface area contributed by atoms with E-state index in [0.29, 0.717) is 24.5 Å². The quantitative estimate of drug-likeness (QED) is 0.805. The summed E-state index contributed by atoms with van der Waals surface area (Å²) in [5.41, 5.74) is 0.632. The van der Waals surface area contributed by atoms with Crippen LogP contribution >= 0.6 is 27.5 Å². The summed E-state index contributed by atoms with van der Waals surface area (Å²) in [7, 11) is 0. The molecule has 5 nitrogen and oxygen atoms in total. The molecule has 7 heteroatoms. The van der Waals surface area contributed by atoms with Crippen LogP contribution in [0.15, 0.2) is 28.7 Å². The van der Waals surface area contributed by atoms with E-state index in [1.54, 1.807) is 17.0 Å². The number of halogens is 2. The summed E-state index contributed by atoms with van der Waals surface area (Å²) in [4.78, 5) is 25.5. The lowest BCUT2D eigenvalue weighted by Crippen LogP contribution is -2.46. The number of nitrogens with one attached hydrogen (secondary N) is 1. The van der Waals surface area contributed by atoms with Crippen LogP contribution in [-0.4, -0.2) is 48.5 Å². The molecule has 1 aromatic carbocycles. The maximum atomic E-state index is 12.1. The molecule has 22 heavy (non-hydrogen) atoms. The molecule has 1 fully saturated rings. The molecular weight excluding hydrogens is 372 g/mol. The third kappa shape index (κ3) is 4.88. The summed E-state index contributed by atoms with van der Waals surface area (Å²) in [6.45, 7) is 1.37. The standard InChI is InChI=1S/C15H18BrClN2O3/c16-12-3-1-11(2-4-12)14(20)18-13-5-8-19(9-6-13)15(21)22-10-7-17/h1-4,13H,5-10H2,(H,18,20). The van der Waals surface area contributed by atoms with Crippen molar-refractivity contribution in [2.75, 3.05) is 25.6 Å². The number of likely N-dealkylation sites (tertiary alicyclic amines) is 1. The molecule has 0 bridgehead atoms. The maximum Gasteiger partial charge on any atom is 0.409 e. The fourth-order valence-electron chi connectivity index (χ4n) is 2.29. The largest absolute Gasteiger partial charge is 0.448 e. The van der Waals surface area contributed by atoms with Crippen molar-refractivity contribution < 1.29 is 14.3 Å². The van der Waals surface area contributed by atoms with Crippen LogP contribution in [0.25, 0.3) is 0 Å². The zero-order valence-corrected chi connectivity index (χ0v) is 14.4. The predicted molar refractivity (Wildman–Crippen MR) is 88.3 cm³/mol. The van der Waals surface area contributed by atoms with Crippen molar-refractivity contribution in [1.29, 1.82) is 0 Å². The van der Waals surface area contributed by atoms with Crippen LogP contribution in [0.2, 0.25) is 0 Å². The highest BCUT2D eigenvalue weighted by atomic mass is 79.9. The van der Waals surface area contributed by atoms with E-state index in [-0.39, 0.29) is 24.6 Å². The second kappa shape index (κ2) is 8.39. The highest BCUT2D eigenvalue weighted by Gasteiger charge is 2.24. The Hall–Kier alpha value is -1.27. The Morgan fingerprint density at radius 2 is 1.91 bits per heavy atom. The first-order valence-electron chi connectivity index (χ1n) is 7.14. The first kappa shape index (κ1) is 17.1. The normalized spacial score (nSPS) is 15.5. The van der Waals surface area contributed by atoms with Gasteiger partial charge in [0, 0.05) is 29.2 Å². The molecule has 2 rings (SSSR count). The Morgan fingerprint density at radius 1 is 1.27 bits per heavy atom. The van der Waals surface area contributed by atoms with Crippen LogP contribution in [-0.2, 0) is 4.74 Å². The first-order valence-corrected chi connectivity index (χ1v) is 8.47. The van der Waals surface area contributed by atoms with E-state index in [2.05, 4.69) is 21.2 Å². The molecule has 2 amide bonds. The Bertz CT molecular complexity index is 516. The molecule has 1 heterocycles. The van der Waals surface area contributed by atoms with E-state index in [1.165, 1.54) is 0 Å². The lowest BCUT2D eigenvalue weighted by Gasteiger charge is -2.31. The molecule has 1 aliphatic heterocycles. The zero-order chi connectivity index (χ0) is 15.9. The second-order valence-electron chi connectivity index (χ2n) is 5.05. The van der Waals surface area contributed by atoms with Gasteiger partial charge >= 0.3 is 6.09 Å². The van der Waals surface area contributed by atoms with Gasteiger partial charge in [-0.25, -0.2) is 4.79 Å². The van der Waals surface area contributed by atoms with Crippen LogP contribution in [0, 0.1) is 0 Å². The molecule has 1 aromatic rings. The number of piperidine rings is 1. The van der Waals surface area contributed by atoms with E-state index in [9.17, 15) is 9.59 Å². The average molecular weight is 390 g/mol. The lowest BCUT2D eigenvalue weighted by molar-refractivity contribution is 0.0862. The van der Waals surface area contributed by atoms with Gasteiger partial charge in [-0.3, -0.25) is 4.79 Å². The second-order valence-corrected chi connectivity index (χ2v) is 6.34. The fourth-order valence-corrected chi connectivity index (χ4v) is 2.64. The van der Waals surface area contributed by atoms with E-state index in [0.717, 1.165) is 17.3 Å². The number of carbonyl (C=O) groups excluding carboxylic acids is 2. The van der Waals surface area contributed by atoms with Crippen molar-refractivity contribution in [3.63, 3.8) is 0 Å². The van der Waals surface area contributed by atoms with Crippen molar-refractivity contribution in [3.05, 3.63) is 34.3 Å². The summed E-state index contributed by atoms with van der Waals surface area (Å²) in [5.74, 6) is 0.210. The monoisotopic (exact) mass is 388 g/mol. The van der Waals surface area contributed by atoms with E-state index >= 15 is 0 Å². The van der Waals surface area contributed by atoms with E-state index < -0.39 is 0 Å². The number of ether oxygens (including phenoxy) is 1. The molecular formula is C15H18BrClN2O3. The number of alkyl halides is 1. The number of benzene rings is 1.